The highest BCUT2D eigenvalue weighted by Crippen LogP contribution is 2.44. The molecular formula is C45H30N4. The van der Waals surface area contributed by atoms with Crippen LogP contribution in [0.4, 0.5) is 0 Å². The van der Waals surface area contributed by atoms with Crippen molar-refractivity contribution in [1.82, 2.24) is 19.6 Å². The van der Waals surface area contributed by atoms with Gasteiger partial charge in [-0.1, -0.05) is 170 Å². The first kappa shape index (κ1) is 28.6. The van der Waals surface area contributed by atoms with Gasteiger partial charge in [-0.2, -0.15) is 5.10 Å². The van der Waals surface area contributed by atoms with Crippen molar-refractivity contribution in [2.45, 2.75) is 0 Å². The normalized spacial score (nSPS) is 11.3. The second-order valence-electron chi connectivity index (χ2n) is 12.1. The summed E-state index contributed by atoms with van der Waals surface area (Å²) in [6, 6.07) is 63.1. The van der Waals surface area contributed by atoms with Crippen LogP contribution in [-0.2, 0) is 0 Å². The van der Waals surface area contributed by atoms with E-state index in [-0.39, 0.29) is 0 Å². The van der Waals surface area contributed by atoms with E-state index in [0.29, 0.717) is 5.82 Å². The zero-order chi connectivity index (χ0) is 32.6. The Labute approximate surface area is 284 Å². The molecule has 3 heterocycles. The van der Waals surface area contributed by atoms with Crippen LogP contribution in [0.2, 0.25) is 0 Å². The Hall–Kier alpha value is -6.65. The molecule has 0 fully saturated rings. The van der Waals surface area contributed by atoms with E-state index < -0.39 is 0 Å². The Morgan fingerprint density at radius 2 is 0.939 bits per heavy atom. The predicted octanol–water partition coefficient (Wildman–Crippen LogP) is 11.3. The Balaban J connectivity index is 1.43. The van der Waals surface area contributed by atoms with Crippen LogP contribution in [0.25, 0.3) is 83.8 Å². The zero-order valence-electron chi connectivity index (χ0n) is 26.6. The summed E-state index contributed by atoms with van der Waals surface area (Å²) in [6.07, 6.45) is 0. The van der Waals surface area contributed by atoms with Gasteiger partial charge in [-0.25, -0.2) is 14.5 Å². The van der Waals surface area contributed by atoms with Gasteiger partial charge < -0.3 is 0 Å². The lowest BCUT2D eigenvalue weighted by Gasteiger charge is -2.15. The van der Waals surface area contributed by atoms with Crippen molar-refractivity contribution in [3.63, 3.8) is 0 Å². The quantitative estimate of drug-likeness (QED) is 0.184. The van der Waals surface area contributed by atoms with Gasteiger partial charge in [0.05, 0.1) is 22.6 Å². The summed E-state index contributed by atoms with van der Waals surface area (Å²) < 4.78 is 2.14. The van der Waals surface area contributed by atoms with Crippen LogP contribution in [0.15, 0.2) is 182 Å². The summed E-state index contributed by atoms with van der Waals surface area (Å²) in [5.74, 6) is 0.688. The van der Waals surface area contributed by atoms with Crippen molar-refractivity contribution >= 4 is 16.3 Å². The molecule has 230 valence electrons. The molecule has 0 bridgehead atoms. The second kappa shape index (κ2) is 12.2. The zero-order valence-corrected chi connectivity index (χ0v) is 26.6. The lowest BCUT2D eigenvalue weighted by molar-refractivity contribution is 0.979. The molecule has 49 heavy (non-hydrogen) atoms. The molecule has 4 heteroatoms. The third-order valence-electron chi connectivity index (χ3n) is 9.02. The molecule has 0 aliphatic carbocycles. The van der Waals surface area contributed by atoms with Crippen LogP contribution in [0, 0.1) is 0 Å². The third-order valence-corrected chi connectivity index (χ3v) is 9.02. The molecule has 0 aliphatic heterocycles. The maximum atomic E-state index is 5.43. The van der Waals surface area contributed by atoms with Gasteiger partial charge in [-0.3, -0.25) is 0 Å². The van der Waals surface area contributed by atoms with E-state index in [1.807, 2.05) is 30.3 Å². The minimum atomic E-state index is 0.688. The molecule has 6 aromatic carbocycles. The van der Waals surface area contributed by atoms with Gasteiger partial charge in [-0.15, -0.1) is 0 Å². The van der Waals surface area contributed by atoms with Crippen LogP contribution in [0.3, 0.4) is 0 Å². The van der Waals surface area contributed by atoms with Crippen molar-refractivity contribution in [3.8, 4) is 67.5 Å². The highest BCUT2D eigenvalue weighted by atomic mass is 15.2. The van der Waals surface area contributed by atoms with E-state index in [9.17, 15) is 0 Å². The monoisotopic (exact) mass is 626 g/mol. The summed E-state index contributed by atoms with van der Waals surface area (Å²) in [5, 5.41) is 7.64. The molecule has 0 aliphatic rings. The first-order valence-corrected chi connectivity index (χ1v) is 16.5. The van der Waals surface area contributed by atoms with E-state index in [1.54, 1.807) is 0 Å². The topological polar surface area (TPSA) is 43.1 Å². The van der Waals surface area contributed by atoms with Crippen molar-refractivity contribution in [1.29, 1.82) is 0 Å². The fourth-order valence-corrected chi connectivity index (χ4v) is 6.75. The first-order chi connectivity index (χ1) is 24.3. The summed E-state index contributed by atoms with van der Waals surface area (Å²) in [7, 11) is 0. The maximum absolute atomic E-state index is 5.43. The van der Waals surface area contributed by atoms with Gasteiger partial charge >= 0.3 is 0 Å². The molecular weight excluding hydrogens is 597 g/mol. The minimum absolute atomic E-state index is 0.688. The fraction of sp³-hybridized carbons (Fsp3) is 0. The lowest BCUT2D eigenvalue weighted by Crippen LogP contribution is -1.99. The van der Waals surface area contributed by atoms with Crippen LogP contribution < -0.4 is 0 Å². The molecule has 0 saturated carbocycles. The van der Waals surface area contributed by atoms with Gasteiger partial charge in [0.25, 0.3) is 0 Å². The Bertz CT molecular complexity index is 2500. The molecule has 4 nitrogen and oxygen atoms in total. The number of fused-ring (bicyclic) bond motifs is 3. The fourth-order valence-electron chi connectivity index (χ4n) is 6.75. The van der Waals surface area contributed by atoms with E-state index in [2.05, 4.69) is 156 Å². The molecule has 0 atom stereocenters. The number of nitrogens with zero attached hydrogens (tertiary/aromatic N) is 4. The molecule has 0 radical (unpaired) electrons. The number of benzene rings is 6. The van der Waals surface area contributed by atoms with Gasteiger partial charge in [0.1, 0.15) is 5.69 Å². The molecule has 0 unspecified atom stereocenters. The first-order valence-electron chi connectivity index (χ1n) is 16.5. The van der Waals surface area contributed by atoms with Gasteiger partial charge in [0, 0.05) is 38.8 Å². The maximum Gasteiger partial charge on any atom is 0.160 e. The highest BCUT2D eigenvalue weighted by molar-refractivity contribution is 6.14. The standard InChI is InChI=1S/C45H30N4/c1-6-17-31(18-7-1)38-30-39(47-45(46-38)35-25-14-5-15-26-35)37-28-16-27-36-29-40(32-19-8-2-9-20-32)49-44(41(36)37)42(33-21-10-3-11-22-33)43(48-49)34-23-12-4-13-24-34/h1-30H. The molecule has 9 aromatic rings. The van der Waals surface area contributed by atoms with Crippen LogP contribution in [-0.4, -0.2) is 19.6 Å². The van der Waals surface area contributed by atoms with E-state index in [4.69, 9.17) is 15.1 Å². The lowest BCUT2D eigenvalue weighted by atomic mass is 9.93. The number of hydrogen-bond acceptors (Lipinski definition) is 3. The molecule has 0 amide bonds. The summed E-state index contributed by atoms with van der Waals surface area (Å²) >= 11 is 0. The third kappa shape index (κ3) is 5.16. The van der Waals surface area contributed by atoms with E-state index in [1.165, 1.54) is 0 Å². The Morgan fingerprint density at radius 3 is 1.57 bits per heavy atom. The predicted molar refractivity (Wildman–Crippen MR) is 201 cm³/mol. The van der Waals surface area contributed by atoms with Gasteiger partial charge in [-0.05, 0) is 23.1 Å². The SMILES string of the molecule is c1ccc(-c2cc(-c3cccc4cc(-c5ccccc5)n5nc(-c6ccccc6)c(-c6ccccc6)c5c34)nc(-c3ccccc3)n2)cc1. The van der Waals surface area contributed by atoms with Crippen molar-refractivity contribution in [2.75, 3.05) is 0 Å². The summed E-state index contributed by atoms with van der Waals surface area (Å²) in [6.45, 7) is 0. The minimum Gasteiger partial charge on any atom is -0.231 e. The van der Waals surface area contributed by atoms with Gasteiger partial charge in [0.2, 0.25) is 0 Å². The summed E-state index contributed by atoms with van der Waals surface area (Å²) in [4.78, 5) is 10.3. The van der Waals surface area contributed by atoms with Crippen LogP contribution in [0.1, 0.15) is 0 Å². The van der Waals surface area contributed by atoms with Crippen LogP contribution >= 0.6 is 0 Å². The largest absolute Gasteiger partial charge is 0.231 e. The second-order valence-corrected chi connectivity index (χ2v) is 12.1. The van der Waals surface area contributed by atoms with Crippen LogP contribution in [0.5, 0.6) is 0 Å². The Kier molecular flexibility index (Phi) is 7.10. The molecule has 3 aromatic heterocycles. The smallest absolute Gasteiger partial charge is 0.160 e. The summed E-state index contributed by atoms with van der Waals surface area (Å²) in [5.41, 5.74) is 12.1. The average molecular weight is 627 g/mol. The number of rotatable bonds is 6. The molecule has 0 saturated heterocycles. The molecule has 9 rings (SSSR count). The molecule has 0 spiro atoms. The van der Waals surface area contributed by atoms with Crippen molar-refractivity contribution < 1.29 is 0 Å². The number of aromatic nitrogens is 4. The van der Waals surface area contributed by atoms with Crippen molar-refractivity contribution in [2.24, 2.45) is 0 Å². The van der Waals surface area contributed by atoms with Crippen molar-refractivity contribution in [3.05, 3.63) is 182 Å². The molecule has 0 N–H and O–H groups in total. The Morgan fingerprint density at radius 1 is 0.408 bits per heavy atom. The number of pyridine rings is 1. The average Bonchev–Trinajstić information content (AvgIpc) is 3.60. The highest BCUT2D eigenvalue weighted by Gasteiger charge is 2.24. The van der Waals surface area contributed by atoms with Gasteiger partial charge in [0.15, 0.2) is 5.82 Å². The van der Waals surface area contributed by atoms with E-state index >= 15 is 0 Å². The van der Waals surface area contributed by atoms with E-state index in [0.717, 1.165) is 78.0 Å². The number of hydrogen-bond donors (Lipinski definition) is 0.